The molecular weight excluding hydrogens is 208 g/mol. The number of anilines is 1. The molecule has 2 nitrogen and oxygen atoms in total. The van der Waals surface area contributed by atoms with E-state index in [0.717, 1.165) is 11.8 Å². The fourth-order valence-electron chi connectivity index (χ4n) is 3.44. The third-order valence-electron chi connectivity index (χ3n) is 4.42. The number of piperidine rings is 1. The first-order valence-corrected chi connectivity index (χ1v) is 6.78. The normalized spacial score (nSPS) is 25.1. The molecule has 0 spiro atoms. The SMILES string of the molecule is Cc1ccc2c(c1)N(C)CC2C1CCNCC1. The monoisotopic (exact) mass is 230 g/mol. The summed E-state index contributed by atoms with van der Waals surface area (Å²) in [5, 5.41) is 3.47. The number of aryl methyl sites for hydroxylation is 1. The van der Waals surface area contributed by atoms with Crippen LogP contribution < -0.4 is 10.2 Å². The molecule has 2 heterocycles. The van der Waals surface area contributed by atoms with Gasteiger partial charge in [-0.2, -0.15) is 0 Å². The summed E-state index contributed by atoms with van der Waals surface area (Å²) in [6.07, 6.45) is 2.68. The quantitative estimate of drug-likeness (QED) is 0.797. The van der Waals surface area contributed by atoms with Gasteiger partial charge in [0.15, 0.2) is 0 Å². The topological polar surface area (TPSA) is 15.3 Å². The largest absolute Gasteiger partial charge is 0.374 e. The molecule has 0 saturated carbocycles. The third kappa shape index (κ3) is 1.95. The first kappa shape index (κ1) is 11.1. The van der Waals surface area contributed by atoms with E-state index in [4.69, 9.17) is 0 Å². The van der Waals surface area contributed by atoms with Crippen molar-refractivity contribution < 1.29 is 0 Å². The van der Waals surface area contributed by atoms with E-state index in [1.54, 1.807) is 5.56 Å². The van der Waals surface area contributed by atoms with Crippen LogP contribution in [-0.4, -0.2) is 26.7 Å². The number of hydrogen-bond donors (Lipinski definition) is 1. The molecular formula is C15H22N2. The number of nitrogens with one attached hydrogen (secondary N) is 1. The summed E-state index contributed by atoms with van der Waals surface area (Å²) in [5.41, 5.74) is 4.43. The lowest BCUT2D eigenvalue weighted by atomic mass is 9.81. The summed E-state index contributed by atoms with van der Waals surface area (Å²) < 4.78 is 0. The standard InChI is InChI=1S/C15H22N2/c1-11-3-4-13-14(10-17(2)15(13)9-11)12-5-7-16-8-6-12/h3-4,9,12,14,16H,5-8,10H2,1-2H3. The van der Waals surface area contributed by atoms with Crippen molar-refractivity contribution in [1.82, 2.24) is 5.32 Å². The Hall–Kier alpha value is -1.02. The molecule has 1 aromatic rings. The first-order chi connectivity index (χ1) is 8.25. The van der Waals surface area contributed by atoms with Crippen LogP contribution in [0.2, 0.25) is 0 Å². The highest BCUT2D eigenvalue weighted by atomic mass is 15.1. The minimum absolute atomic E-state index is 0.762. The molecule has 2 aliphatic rings. The fourth-order valence-corrected chi connectivity index (χ4v) is 3.44. The van der Waals surface area contributed by atoms with Gasteiger partial charge in [-0.1, -0.05) is 12.1 Å². The molecule has 1 saturated heterocycles. The van der Waals surface area contributed by atoms with Gasteiger partial charge in [0.05, 0.1) is 0 Å². The molecule has 1 N–H and O–H groups in total. The molecule has 0 aromatic heterocycles. The Morgan fingerprint density at radius 2 is 2.00 bits per heavy atom. The van der Waals surface area contributed by atoms with Gasteiger partial charge in [-0.3, -0.25) is 0 Å². The van der Waals surface area contributed by atoms with Gasteiger partial charge in [0.2, 0.25) is 0 Å². The summed E-state index contributed by atoms with van der Waals surface area (Å²) in [6.45, 7) is 5.80. The first-order valence-electron chi connectivity index (χ1n) is 6.78. The van der Waals surface area contributed by atoms with E-state index in [9.17, 15) is 0 Å². The van der Waals surface area contributed by atoms with Crippen molar-refractivity contribution in [2.75, 3.05) is 31.6 Å². The Balaban J connectivity index is 1.89. The van der Waals surface area contributed by atoms with Crippen LogP contribution in [0, 0.1) is 12.8 Å². The Bertz CT molecular complexity index is 407. The van der Waals surface area contributed by atoms with Crippen molar-refractivity contribution in [2.45, 2.75) is 25.7 Å². The molecule has 1 fully saturated rings. The van der Waals surface area contributed by atoms with Crippen LogP contribution in [0.5, 0.6) is 0 Å². The van der Waals surface area contributed by atoms with Crippen LogP contribution in [0.15, 0.2) is 18.2 Å². The second kappa shape index (κ2) is 4.34. The average molecular weight is 230 g/mol. The van der Waals surface area contributed by atoms with Crippen molar-refractivity contribution in [3.8, 4) is 0 Å². The number of hydrogen-bond acceptors (Lipinski definition) is 2. The number of benzene rings is 1. The summed E-state index contributed by atoms with van der Waals surface area (Å²) in [5.74, 6) is 1.64. The van der Waals surface area contributed by atoms with Crippen molar-refractivity contribution in [2.24, 2.45) is 5.92 Å². The highest BCUT2D eigenvalue weighted by Gasteiger charge is 2.33. The van der Waals surface area contributed by atoms with Gasteiger partial charge in [-0.15, -0.1) is 0 Å². The summed E-state index contributed by atoms with van der Waals surface area (Å²) in [7, 11) is 2.24. The minimum Gasteiger partial charge on any atom is -0.374 e. The lowest BCUT2D eigenvalue weighted by Crippen LogP contribution is -2.32. The third-order valence-corrected chi connectivity index (χ3v) is 4.42. The Morgan fingerprint density at radius 3 is 2.76 bits per heavy atom. The molecule has 92 valence electrons. The van der Waals surface area contributed by atoms with E-state index in [2.05, 4.69) is 42.4 Å². The number of nitrogens with zero attached hydrogens (tertiary/aromatic N) is 1. The number of fused-ring (bicyclic) bond motifs is 1. The molecule has 0 bridgehead atoms. The van der Waals surface area contributed by atoms with Crippen molar-refractivity contribution in [1.29, 1.82) is 0 Å². The number of rotatable bonds is 1. The predicted octanol–water partition coefficient (Wildman–Crippen LogP) is 2.53. The predicted molar refractivity (Wildman–Crippen MR) is 72.8 cm³/mol. The van der Waals surface area contributed by atoms with E-state index in [1.807, 2.05) is 0 Å². The lowest BCUT2D eigenvalue weighted by Gasteiger charge is -2.28. The van der Waals surface area contributed by atoms with Gasteiger partial charge >= 0.3 is 0 Å². The molecule has 0 amide bonds. The zero-order valence-electron chi connectivity index (χ0n) is 10.9. The van der Waals surface area contributed by atoms with Gasteiger partial charge in [-0.25, -0.2) is 0 Å². The molecule has 1 unspecified atom stereocenters. The Morgan fingerprint density at radius 1 is 1.24 bits per heavy atom. The maximum Gasteiger partial charge on any atom is 0.0402 e. The maximum absolute atomic E-state index is 3.47. The molecule has 3 rings (SSSR count). The van der Waals surface area contributed by atoms with Gasteiger partial charge in [0, 0.05) is 25.2 Å². The van der Waals surface area contributed by atoms with E-state index < -0.39 is 0 Å². The van der Waals surface area contributed by atoms with Crippen molar-refractivity contribution in [3.05, 3.63) is 29.3 Å². The van der Waals surface area contributed by atoms with E-state index in [1.165, 1.54) is 43.7 Å². The maximum atomic E-state index is 3.47. The number of likely N-dealkylation sites (N-methyl/N-ethyl adjacent to an activating group) is 1. The molecule has 1 aromatic carbocycles. The van der Waals surface area contributed by atoms with Crippen LogP contribution in [0.4, 0.5) is 5.69 Å². The second-order valence-electron chi connectivity index (χ2n) is 5.64. The molecule has 2 heteroatoms. The minimum atomic E-state index is 0.762. The smallest absolute Gasteiger partial charge is 0.0402 e. The Labute approximate surface area is 104 Å². The fraction of sp³-hybridized carbons (Fsp3) is 0.600. The summed E-state index contributed by atoms with van der Waals surface area (Å²) in [4.78, 5) is 2.44. The summed E-state index contributed by atoms with van der Waals surface area (Å²) in [6, 6.07) is 6.98. The Kier molecular flexibility index (Phi) is 2.83. The van der Waals surface area contributed by atoms with Crippen LogP contribution in [0.1, 0.15) is 29.9 Å². The molecule has 1 atom stereocenters. The van der Waals surface area contributed by atoms with Crippen LogP contribution in [0.25, 0.3) is 0 Å². The van der Waals surface area contributed by atoms with Gasteiger partial charge in [0.25, 0.3) is 0 Å². The zero-order chi connectivity index (χ0) is 11.8. The van der Waals surface area contributed by atoms with Crippen molar-refractivity contribution >= 4 is 5.69 Å². The average Bonchev–Trinajstić information content (AvgIpc) is 2.68. The van der Waals surface area contributed by atoms with Crippen molar-refractivity contribution in [3.63, 3.8) is 0 Å². The molecule has 17 heavy (non-hydrogen) atoms. The zero-order valence-corrected chi connectivity index (χ0v) is 10.9. The lowest BCUT2D eigenvalue weighted by molar-refractivity contribution is 0.327. The highest BCUT2D eigenvalue weighted by Crippen LogP contribution is 2.42. The molecule has 0 aliphatic carbocycles. The van der Waals surface area contributed by atoms with Crippen LogP contribution in [-0.2, 0) is 0 Å². The highest BCUT2D eigenvalue weighted by molar-refractivity contribution is 5.61. The van der Waals surface area contributed by atoms with Crippen LogP contribution >= 0.6 is 0 Å². The van der Waals surface area contributed by atoms with Gasteiger partial charge in [-0.05, 0) is 56.0 Å². The van der Waals surface area contributed by atoms with Crippen LogP contribution in [0.3, 0.4) is 0 Å². The molecule has 0 radical (unpaired) electrons. The second-order valence-corrected chi connectivity index (χ2v) is 5.64. The van der Waals surface area contributed by atoms with E-state index in [0.29, 0.717) is 0 Å². The van der Waals surface area contributed by atoms with E-state index >= 15 is 0 Å². The van der Waals surface area contributed by atoms with E-state index in [-0.39, 0.29) is 0 Å². The summed E-state index contributed by atoms with van der Waals surface area (Å²) >= 11 is 0. The molecule has 2 aliphatic heterocycles. The van der Waals surface area contributed by atoms with Gasteiger partial charge in [0.1, 0.15) is 0 Å². The van der Waals surface area contributed by atoms with Gasteiger partial charge < -0.3 is 10.2 Å².